The summed E-state index contributed by atoms with van der Waals surface area (Å²) >= 11 is 0. The normalized spacial score (nSPS) is 22.2. The highest BCUT2D eigenvalue weighted by Crippen LogP contribution is 2.26. The Kier molecular flexibility index (Phi) is 6.22. The number of sulfonamides is 1. The number of nitrogens with zero attached hydrogens (tertiary/aromatic N) is 2. The average molecular weight is 472 g/mol. The van der Waals surface area contributed by atoms with Crippen molar-refractivity contribution in [3.63, 3.8) is 0 Å². The Morgan fingerprint density at radius 2 is 1.73 bits per heavy atom. The van der Waals surface area contributed by atoms with Crippen molar-refractivity contribution in [2.45, 2.75) is 44.0 Å². The molecule has 3 atom stereocenters. The maximum absolute atomic E-state index is 12.7. The van der Waals surface area contributed by atoms with E-state index in [2.05, 4.69) is 9.71 Å². The minimum atomic E-state index is -3.73. The van der Waals surface area contributed by atoms with Crippen molar-refractivity contribution in [1.82, 2.24) is 4.90 Å². The third-order valence-electron chi connectivity index (χ3n) is 5.38. The molecule has 3 unspecified atom stereocenters. The number of morpholine rings is 1. The van der Waals surface area contributed by atoms with Crippen LogP contribution in [0.3, 0.4) is 0 Å². The van der Waals surface area contributed by atoms with Crippen LogP contribution >= 0.6 is 0 Å². The Balaban J connectivity index is 1.39. The van der Waals surface area contributed by atoms with E-state index in [9.17, 15) is 18.0 Å². The molecule has 9 nitrogen and oxygen atoms in total. The van der Waals surface area contributed by atoms with E-state index in [1.165, 1.54) is 18.2 Å². The first kappa shape index (κ1) is 22.9. The molecule has 0 aliphatic carbocycles. The van der Waals surface area contributed by atoms with Gasteiger partial charge < -0.3 is 19.7 Å². The first-order valence-corrected chi connectivity index (χ1v) is 12.0. The number of anilines is 1. The Morgan fingerprint density at radius 1 is 1.09 bits per heavy atom. The van der Waals surface area contributed by atoms with E-state index in [-0.39, 0.29) is 34.4 Å². The van der Waals surface area contributed by atoms with Crippen LogP contribution in [0.5, 0.6) is 0 Å². The van der Waals surface area contributed by atoms with Crippen LogP contribution < -0.4 is 5.32 Å². The van der Waals surface area contributed by atoms with Crippen LogP contribution in [-0.2, 0) is 24.3 Å². The summed E-state index contributed by atoms with van der Waals surface area (Å²) in [7, 11) is -3.73. The molecule has 0 radical (unpaired) electrons. The first-order chi connectivity index (χ1) is 15.6. The SMILES string of the molecule is CC1CN(C(=O)C(C)OC(=O)c2ccc(NC3=NS(=O)(=O)c4ccccc43)cc2)CC(C)O1. The van der Waals surface area contributed by atoms with Gasteiger partial charge >= 0.3 is 5.97 Å². The Hall–Kier alpha value is -3.24. The molecule has 10 heteroatoms. The van der Waals surface area contributed by atoms with Crippen LogP contribution in [0.25, 0.3) is 0 Å². The second-order valence-corrected chi connectivity index (χ2v) is 9.73. The average Bonchev–Trinajstić information content (AvgIpc) is 3.03. The predicted octanol–water partition coefficient (Wildman–Crippen LogP) is 2.43. The fraction of sp³-hybridized carbons (Fsp3) is 0.348. The number of fused-ring (bicyclic) bond motifs is 1. The molecule has 0 bridgehead atoms. The summed E-state index contributed by atoms with van der Waals surface area (Å²) in [4.78, 5) is 27.0. The largest absolute Gasteiger partial charge is 0.449 e. The zero-order valence-corrected chi connectivity index (χ0v) is 19.3. The third kappa shape index (κ3) is 4.91. The van der Waals surface area contributed by atoms with E-state index < -0.39 is 22.1 Å². The highest BCUT2D eigenvalue weighted by atomic mass is 32.2. The van der Waals surface area contributed by atoms with E-state index >= 15 is 0 Å². The number of carbonyl (C=O) groups is 2. The molecule has 0 spiro atoms. The molecule has 2 aromatic rings. The van der Waals surface area contributed by atoms with Gasteiger partial charge in [-0.25, -0.2) is 4.79 Å². The van der Waals surface area contributed by atoms with Crippen molar-refractivity contribution in [3.8, 4) is 0 Å². The zero-order chi connectivity index (χ0) is 23.8. The number of ether oxygens (including phenoxy) is 2. The van der Waals surface area contributed by atoms with E-state index in [0.717, 1.165) is 0 Å². The Labute approximate surface area is 192 Å². The lowest BCUT2D eigenvalue weighted by molar-refractivity contribution is -0.151. The van der Waals surface area contributed by atoms with Crippen molar-refractivity contribution in [1.29, 1.82) is 0 Å². The monoisotopic (exact) mass is 471 g/mol. The summed E-state index contributed by atoms with van der Waals surface area (Å²) in [6.45, 7) is 6.25. The third-order valence-corrected chi connectivity index (χ3v) is 6.71. The highest BCUT2D eigenvalue weighted by molar-refractivity contribution is 7.90. The molecule has 1 N–H and O–H groups in total. The minimum Gasteiger partial charge on any atom is -0.449 e. The lowest BCUT2D eigenvalue weighted by atomic mass is 10.1. The Morgan fingerprint density at radius 3 is 2.39 bits per heavy atom. The minimum absolute atomic E-state index is 0.0768. The molecule has 33 heavy (non-hydrogen) atoms. The lowest BCUT2D eigenvalue weighted by Crippen LogP contribution is -2.51. The van der Waals surface area contributed by atoms with Crippen LogP contribution in [0.2, 0.25) is 0 Å². The van der Waals surface area contributed by atoms with Gasteiger partial charge in [-0.2, -0.15) is 8.42 Å². The van der Waals surface area contributed by atoms with Crippen molar-refractivity contribution >= 4 is 33.4 Å². The summed E-state index contributed by atoms with van der Waals surface area (Å²) in [6.07, 6.45) is -1.08. The summed E-state index contributed by atoms with van der Waals surface area (Å²) in [6, 6.07) is 12.9. The van der Waals surface area contributed by atoms with Gasteiger partial charge in [0.05, 0.1) is 17.8 Å². The molecule has 1 fully saturated rings. The molecule has 0 aromatic heterocycles. The second-order valence-electron chi connectivity index (χ2n) is 8.16. The standard InChI is InChI=1S/C23H25N3O6S/c1-14-12-26(13-15(2)31-14)22(27)16(3)32-23(28)17-8-10-18(11-9-17)24-21-19-6-4-5-7-20(19)33(29,30)25-21/h4-11,14-16H,12-13H2,1-3H3,(H,24,25). The fourth-order valence-electron chi connectivity index (χ4n) is 3.92. The van der Waals surface area contributed by atoms with E-state index in [1.807, 2.05) is 13.8 Å². The van der Waals surface area contributed by atoms with Crippen LogP contribution in [0, 0.1) is 0 Å². The molecule has 174 valence electrons. The summed E-state index contributed by atoms with van der Waals surface area (Å²) in [5, 5.41) is 2.98. The summed E-state index contributed by atoms with van der Waals surface area (Å²) in [5.74, 6) is -0.667. The first-order valence-electron chi connectivity index (χ1n) is 10.6. The smallest absolute Gasteiger partial charge is 0.338 e. The van der Waals surface area contributed by atoms with Crippen LogP contribution in [0.15, 0.2) is 57.8 Å². The molecule has 2 aromatic carbocycles. The van der Waals surface area contributed by atoms with Crippen molar-refractivity contribution in [2.24, 2.45) is 4.40 Å². The van der Waals surface area contributed by atoms with Crippen molar-refractivity contribution in [2.75, 3.05) is 18.4 Å². The van der Waals surface area contributed by atoms with Crippen molar-refractivity contribution < 1.29 is 27.5 Å². The number of amidine groups is 1. The molecule has 1 saturated heterocycles. The molecule has 2 heterocycles. The lowest BCUT2D eigenvalue weighted by Gasteiger charge is -2.36. The molecule has 2 aliphatic heterocycles. The molecular formula is C23H25N3O6S. The van der Waals surface area contributed by atoms with Gasteiger partial charge in [-0.1, -0.05) is 12.1 Å². The van der Waals surface area contributed by atoms with Gasteiger partial charge in [0.1, 0.15) is 4.90 Å². The molecular weight excluding hydrogens is 446 g/mol. The maximum Gasteiger partial charge on any atom is 0.338 e. The van der Waals surface area contributed by atoms with Gasteiger partial charge in [-0.05, 0) is 57.2 Å². The van der Waals surface area contributed by atoms with Gasteiger partial charge in [-0.15, -0.1) is 4.40 Å². The number of rotatable bonds is 4. The van der Waals surface area contributed by atoms with Gasteiger partial charge in [0.2, 0.25) is 0 Å². The Bertz CT molecular complexity index is 1200. The summed E-state index contributed by atoms with van der Waals surface area (Å²) in [5.41, 5.74) is 1.31. The maximum atomic E-state index is 12.7. The van der Waals surface area contributed by atoms with E-state index in [0.29, 0.717) is 24.3 Å². The quantitative estimate of drug-likeness (QED) is 0.681. The van der Waals surface area contributed by atoms with Gasteiger partial charge in [0, 0.05) is 24.3 Å². The van der Waals surface area contributed by atoms with Crippen LogP contribution in [-0.4, -0.2) is 62.4 Å². The second kappa shape index (κ2) is 8.95. The fourth-order valence-corrected chi connectivity index (χ4v) is 5.09. The number of hydrogen-bond donors (Lipinski definition) is 1. The van der Waals surface area contributed by atoms with Crippen molar-refractivity contribution in [3.05, 3.63) is 59.7 Å². The molecule has 4 rings (SSSR count). The number of carbonyl (C=O) groups excluding carboxylic acids is 2. The predicted molar refractivity (Wildman–Crippen MR) is 122 cm³/mol. The number of nitrogens with one attached hydrogen (secondary N) is 1. The summed E-state index contributed by atoms with van der Waals surface area (Å²) < 4.78 is 39.2. The highest BCUT2D eigenvalue weighted by Gasteiger charge is 2.31. The van der Waals surface area contributed by atoms with E-state index in [4.69, 9.17) is 9.47 Å². The van der Waals surface area contributed by atoms with E-state index in [1.54, 1.807) is 42.2 Å². The van der Waals surface area contributed by atoms with Gasteiger partial charge in [0.25, 0.3) is 15.9 Å². The zero-order valence-electron chi connectivity index (χ0n) is 18.5. The van der Waals surface area contributed by atoms with Crippen LogP contribution in [0.4, 0.5) is 5.69 Å². The molecule has 0 saturated carbocycles. The number of esters is 1. The number of benzene rings is 2. The molecule has 1 amide bonds. The topological polar surface area (TPSA) is 114 Å². The molecule has 2 aliphatic rings. The number of hydrogen-bond acceptors (Lipinski definition) is 7. The van der Waals surface area contributed by atoms with Crippen LogP contribution in [0.1, 0.15) is 36.7 Å². The van der Waals surface area contributed by atoms with Gasteiger partial charge in [0.15, 0.2) is 11.9 Å². The van der Waals surface area contributed by atoms with Gasteiger partial charge in [-0.3, -0.25) is 4.79 Å². The number of amides is 1.